The molecule has 8 heteroatoms. The average Bonchev–Trinajstić information content (AvgIpc) is 2.57. The molecule has 2 N–H and O–H groups in total. The Kier molecular flexibility index (Phi) is 4.46. The van der Waals surface area contributed by atoms with Crippen LogP contribution in [0.25, 0.3) is 0 Å². The van der Waals surface area contributed by atoms with E-state index in [1.54, 1.807) is 25.5 Å². The largest absolute Gasteiger partial charge is 0.393 e. The molecule has 0 aliphatic heterocycles. The van der Waals surface area contributed by atoms with Gasteiger partial charge in [-0.2, -0.15) is 4.31 Å². The number of sulfonamides is 1. The van der Waals surface area contributed by atoms with Crippen LogP contribution in [0, 0.1) is 6.92 Å². The second kappa shape index (κ2) is 5.33. The predicted octanol–water partition coefficient (Wildman–Crippen LogP) is 0.414. The molecular weight excluding hydrogens is 272 g/mol. The number of thiocarbonyl (C=S) groups is 1. The van der Waals surface area contributed by atoms with Crippen molar-refractivity contribution in [2.75, 3.05) is 7.05 Å². The first kappa shape index (κ1) is 15.1. The van der Waals surface area contributed by atoms with Crippen molar-refractivity contribution < 1.29 is 8.42 Å². The highest BCUT2D eigenvalue weighted by atomic mass is 32.2. The predicted molar refractivity (Wildman–Crippen MR) is 73.8 cm³/mol. The molecule has 0 amide bonds. The highest BCUT2D eigenvalue weighted by Gasteiger charge is 2.28. The van der Waals surface area contributed by atoms with E-state index < -0.39 is 10.0 Å². The van der Waals surface area contributed by atoms with E-state index in [2.05, 4.69) is 4.98 Å². The van der Waals surface area contributed by atoms with Crippen molar-refractivity contribution in [1.29, 1.82) is 0 Å². The fourth-order valence-corrected chi connectivity index (χ4v) is 3.08. The number of imidazole rings is 1. The monoisotopic (exact) mass is 290 g/mol. The molecule has 0 aromatic carbocycles. The van der Waals surface area contributed by atoms with Crippen LogP contribution in [-0.2, 0) is 17.1 Å². The van der Waals surface area contributed by atoms with Crippen molar-refractivity contribution in [3.63, 3.8) is 0 Å². The zero-order chi connectivity index (χ0) is 14.1. The highest BCUT2D eigenvalue weighted by Crippen LogP contribution is 2.16. The summed E-state index contributed by atoms with van der Waals surface area (Å²) >= 11 is 4.79. The summed E-state index contributed by atoms with van der Waals surface area (Å²) in [6.07, 6.45) is 1.84. The molecule has 1 unspecified atom stereocenters. The van der Waals surface area contributed by atoms with E-state index in [4.69, 9.17) is 18.0 Å². The molecule has 6 nitrogen and oxygen atoms in total. The summed E-state index contributed by atoms with van der Waals surface area (Å²) in [6, 6.07) is -0.296. The number of nitrogens with two attached hydrogens (primary N) is 1. The van der Waals surface area contributed by atoms with Crippen LogP contribution in [0.3, 0.4) is 0 Å². The first-order valence-corrected chi connectivity index (χ1v) is 7.27. The number of aryl methyl sites for hydroxylation is 2. The van der Waals surface area contributed by atoms with Gasteiger partial charge in [0, 0.05) is 32.8 Å². The van der Waals surface area contributed by atoms with Crippen LogP contribution < -0.4 is 5.73 Å². The van der Waals surface area contributed by atoms with Gasteiger partial charge in [-0.15, -0.1) is 0 Å². The van der Waals surface area contributed by atoms with Crippen molar-refractivity contribution in [2.24, 2.45) is 12.8 Å². The summed E-state index contributed by atoms with van der Waals surface area (Å²) < 4.78 is 27.5. The maximum atomic E-state index is 12.3. The fourth-order valence-electron chi connectivity index (χ4n) is 1.45. The normalized spacial score (nSPS) is 13.8. The summed E-state index contributed by atoms with van der Waals surface area (Å²) in [7, 11) is -0.347. The molecule has 0 aliphatic carbocycles. The van der Waals surface area contributed by atoms with Gasteiger partial charge in [-0.1, -0.05) is 12.2 Å². The Morgan fingerprint density at radius 3 is 2.61 bits per heavy atom. The lowest BCUT2D eigenvalue weighted by atomic mass is 10.2. The van der Waals surface area contributed by atoms with E-state index in [1.165, 1.54) is 17.5 Å². The Balaban J connectivity index is 3.03. The Bertz CT molecular complexity index is 531. The van der Waals surface area contributed by atoms with Crippen molar-refractivity contribution in [3.8, 4) is 0 Å². The van der Waals surface area contributed by atoms with E-state index in [0.29, 0.717) is 17.2 Å². The molecule has 1 heterocycles. The standard InChI is InChI=1S/C10H18N4O2S2/c1-7(5-9(11)17)14(4)18(15,16)10-6-13(3)8(2)12-10/h6-7H,5H2,1-4H3,(H2,11,17). The minimum Gasteiger partial charge on any atom is -0.393 e. The molecule has 1 aromatic rings. The van der Waals surface area contributed by atoms with Gasteiger partial charge in [0.1, 0.15) is 5.82 Å². The number of aromatic nitrogens is 2. The first-order valence-electron chi connectivity index (χ1n) is 5.42. The minimum absolute atomic E-state index is 0.0415. The summed E-state index contributed by atoms with van der Waals surface area (Å²) in [5, 5.41) is 0.0415. The fraction of sp³-hybridized carbons (Fsp3) is 0.600. The Morgan fingerprint density at radius 2 is 2.22 bits per heavy atom. The van der Waals surface area contributed by atoms with Gasteiger partial charge in [0.05, 0.1) is 4.99 Å². The molecule has 1 atom stereocenters. The Morgan fingerprint density at radius 1 is 1.67 bits per heavy atom. The summed E-state index contributed by atoms with van der Waals surface area (Å²) in [5.41, 5.74) is 5.43. The van der Waals surface area contributed by atoms with Crippen molar-refractivity contribution in [3.05, 3.63) is 12.0 Å². The van der Waals surface area contributed by atoms with Crippen LogP contribution >= 0.6 is 12.2 Å². The minimum atomic E-state index is -3.60. The zero-order valence-corrected chi connectivity index (χ0v) is 12.5. The third-order valence-electron chi connectivity index (χ3n) is 2.85. The number of nitrogens with zero attached hydrogens (tertiary/aromatic N) is 3. The van der Waals surface area contributed by atoms with Gasteiger partial charge in [0.15, 0.2) is 5.03 Å². The molecule has 0 fully saturated rings. The molecule has 0 bridgehead atoms. The third-order valence-corrected chi connectivity index (χ3v) is 4.86. The molecule has 0 spiro atoms. The first-order chi connectivity index (χ1) is 8.16. The molecular formula is C10H18N4O2S2. The van der Waals surface area contributed by atoms with Gasteiger partial charge in [-0.25, -0.2) is 13.4 Å². The van der Waals surface area contributed by atoms with Gasteiger partial charge < -0.3 is 10.3 Å². The lowest BCUT2D eigenvalue weighted by Gasteiger charge is -2.22. The molecule has 18 heavy (non-hydrogen) atoms. The van der Waals surface area contributed by atoms with Gasteiger partial charge in [0.25, 0.3) is 10.0 Å². The zero-order valence-electron chi connectivity index (χ0n) is 10.9. The molecule has 0 radical (unpaired) electrons. The van der Waals surface area contributed by atoms with Crippen LogP contribution in [0.2, 0.25) is 0 Å². The second-order valence-electron chi connectivity index (χ2n) is 4.28. The van der Waals surface area contributed by atoms with E-state index in [1.807, 2.05) is 0 Å². The maximum Gasteiger partial charge on any atom is 0.262 e. The van der Waals surface area contributed by atoms with Gasteiger partial charge in [0.2, 0.25) is 0 Å². The lowest BCUT2D eigenvalue weighted by Crippen LogP contribution is -2.37. The van der Waals surface area contributed by atoms with Crippen LogP contribution in [0.15, 0.2) is 11.2 Å². The molecule has 0 saturated carbocycles. The van der Waals surface area contributed by atoms with Crippen LogP contribution in [-0.4, -0.2) is 40.4 Å². The average molecular weight is 290 g/mol. The molecule has 0 saturated heterocycles. The quantitative estimate of drug-likeness (QED) is 0.795. The lowest BCUT2D eigenvalue weighted by molar-refractivity contribution is 0.395. The van der Waals surface area contributed by atoms with Crippen LogP contribution in [0.4, 0.5) is 0 Å². The van der Waals surface area contributed by atoms with Crippen LogP contribution in [0.1, 0.15) is 19.2 Å². The third kappa shape index (κ3) is 3.06. The summed E-state index contributed by atoms with van der Waals surface area (Å²) in [5.74, 6) is 0.643. The SMILES string of the molecule is Cc1nc(S(=O)(=O)N(C)C(C)CC(N)=S)cn1C. The van der Waals surface area contributed by atoms with E-state index >= 15 is 0 Å². The van der Waals surface area contributed by atoms with Crippen molar-refractivity contribution in [1.82, 2.24) is 13.9 Å². The number of hydrogen-bond donors (Lipinski definition) is 1. The van der Waals surface area contributed by atoms with E-state index in [0.717, 1.165) is 0 Å². The van der Waals surface area contributed by atoms with Gasteiger partial charge >= 0.3 is 0 Å². The molecule has 0 aliphatic rings. The topological polar surface area (TPSA) is 81.2 Å². The molecule has 1 rings (SSSR count). The number of rotatable bonds is 5. The van der Waals surface area contributed by atoms with Gasteiger partial charge in [-0.05, 0) is 13.8 Å². The van der Waals surface area contributed by atoms with Crippen molar-refractivity contribution >= 4 is 27.2 Å². The Labute approximate surface area is 113 Å². The van der Waals surface area contributed by atoms with E-state index in [-0.39, 0.29) is 11.1 Å². The van der Waals surface area contributed by atoms with E-state index in [9.17, 15) is 8.42 Å². The molecule has 1 aromatic heterocycles. The van der Waals surface area contributed by atoms with Crippen molar-refractivity contribution in [2.45, 2.75) is 31.3 Å². The second-order valence-corrected chi connectivity index (χ2v) is 6.75. The van der Waals surface area contributed by atoms with Crippen LogP contribution in [0.5, 0.6) is 0 Å². The highest BCUT2D eigenvalue weighted by molar-refractivity contribution is 7.89. The molecule has 102 valence electrons. The summed E-state index contributed by atoms with van der Waals surface area (Å²) in [6.45, 7) is 3.50. The van der Waals surface area contributed by atoms with Gasteiger partial charge in [-0.3, -0.25) is 0 Å². The summed E-state index contributed by atoms with van der Waals surface area (Å²) in [4.78, 5) is 4.33. The smallest absolute Gasteiger partial charge is 0.262 e. The Hall–Kier alpha value is -0.990. The maximum absolute atomic E-state index is 12.3. The number of hydrogen-bond acceptors (Lipinski definition) is 4.